The van der Waals surface area contributed by atoms with Crippen LogP contribution in [0.2, 0.25) is 0 Å². The maximum atomic E-state index is 10.9. The number of rotatable bonds is 7. The van der Waals surface area contributed by atoms with Gasteiger partial charge < -0.3 is 10.6 Å². The summed E-state index contributed by atoms with van der Waals surface area (Å²) in [5, 5.41) is 6.39. The van der Waals surface area contributed by atoms with Gasteiger partial charge in [0, 0.05) is 26.7 Å². The minimum absolute atomic E-state index is 0.361. The highest BCUT2D eigenvalue weighted by molar-refractivity contribution is 7.88. The van der Waals surface area contributed by atoms with E-state index in [1.54, 1.807) is 7.05 Å². The number of nitrogens with zero attached hydrogens (tertiary/aromatic N) is 1. The van der Waals surface area contributed by atoms with Crippen molar-refractivity contribution in [3.8, 4) is 0 Å². The number of guanidine groups is 1. The van der Waals surface area contributed by atoms with Crippen molar-refractivity contribution >= 4 is 16.0 Å². The Morgan fingerprint density at radius 3 is 2.52 bits per heavy atom. The van der Waals surface area contributed by atoms with Gasteiger partial charge in [-0.3, -0.25) is 4.99 Å². The highest BCUT2D eigenvalue weighted by Gasteiger charge is 2.18. The Labute approximate surface area is 129 Å². The van der Waals surface area contributed by atoms with Crippen molar-refractivity contribution in [2.75, 3.05) is 32.9 Å². The Hall–Kier alpha value is -0.820. The van der Waals surface area contributed by atoms with Crippen LogP contribution in [0.15, 0.2) is 4.99 Å². The van der Waals surface area contributed by atoms with Crippen LogP contribution in [0, 0.1) is 11.8 Å². The Morgan fingerprint density at radius 2 is 1.90 bits per heavy atom. The molecule has 3 N–H and O–H groups in total. The fraction of sp³-hybridized carbons (Fsp3) is 0.929. The van der Waals surface area contributed by atoms with E-state index in [-0.39, 0.29) is 0 Å². The van der Waals surface area contributed by atoms with Crippen LogP contribution >= 0.6 is 0 Å². The summed E-state index contributed by atoms with van der Waals surface area (Å²) < 4.78 is 24.3. The number of aliphatic imine (C=N–C) groups is 1. The number of hydrogen-bond donors (Lipinski definition) is 3. The maximum absolute atomic E-state index is 10.9. The molecule has 0 radical (unpaired) electrons. The molecule has 0 saturated heterocycles. The normalized spacial score (nSPS) is 23.9. The Bertz CT molecular complexity index is 423. The zero-order chi connectivity index (χ0) is 15.7. The van der Waals surface area contributed by atoms with Crippen molar-refractivity contribution in [2.45, 2.75) is 39.0 Å². The van der Waals surface area contributed by atoms with Gasteiger partial charge in [0.1, 0.15) is 0 Å². The molecule has 1 aliphatic rings. The van der Waals surface area contributed by atoms with Crippen molar-refractivity contribution in [2.24, 2.45) is 16.8 Å². The molecule has 0 spiro atoms. The first-order valence-corrected chi connectivity index (χ1v) is 9.69. The second-order valence-corrected chi connectivity index (χ2v) is 7.85. The molecule has 1 rings (SSSR count). The lowest BCUT2D eigenvalue weighted by molar-refractivity contribution is 0.270. The van der Waals surface area contributed by atoms with Crippen molar-refractivity contribution in [3.05, 3.63) is 0 Å². The third-order valence-corrected chi connectivity index (χ3v) is 4.62. The Morgan fingerprint density at radius 1 is 1.19 bits per heavy atom. The van der Waals surface area contributed by atoms with Crippen molar-refractivity contribution in [3.63, 3.8) is 0 Å². The van der Waals surface area contributed by atoms with Crippen LogP contribution in [0.1, 0.15) is 39.0 Å². The third kappa shape index (κ3) is 8.93. The molecule has 0 aromatic heterocycles. The van der Waals surface area contributed by atoms with E-state index in [0.717, 1.165) is 30.6 Å². The van der Waals surface area contributed by atoms with Gasteiger partial charge in [0.15, 0.2) is 5.96 Å². The van der Waals surface area contributed by atoms with Crippen LogP contribution in [0.3, 0.4) is 0 Å². The topological polar surface area (TPSA) is 82.6 Å². The molecule has 1 aliphatic carbocycles. The summed E-state index contributed by atoms with van der Waals surface area (Å²) in [7, 11) is -1.39. The van der Waals surface area contributed by atoms with E-state index in [4.69, 9.17) is 0 Å². The minimum Gasteiger partial charge on any atom is -0.356 e. The van der Waals surface area contributed by atoms with Gasteiger partial charge in [-0.25, -0.2) is 13.1 Å². The van der Waals surface area contributed by atoms with Crippen LogP contribution in [-0.2, 0) is 10.0 Å². The molecule has 0 aliphatic heterocycles. The summed E-state index contributed by atoms with van der Waals surface area (Å²) >= 11 is 0. The zero-order valence-corrected chi connectivity index (χ0v) is 14.3. The van der Waals surface area contributed by atoms with E-state index >= 15 is 0 Å². The molecule has 2 atom stereocenters. The van der Waals surface area contributed by atoms with Crippen LogP contribution in [0.4, 0.5) is 0 Å². The van der Waals surface area contributed by atoms with Crippen LogP contribution < -0.4 is 15.4 Å². The van der Waals surface area contributed by atoms with Gasteiger partial charge in [-0.2, -0.15) is 0 Å². The lowest BCUT2D eigenvalue weighted by Gasteiger charge is -2.26. The molecular formula is C14H30N4O2S. The molecule has 124 valence electrons. The lowest BCUT2D eigenvalue weighted by Crippen LogP contribution is -2.42. The Balaban J connectivity index is 2.13. The highest BCUT2D eigenvalue weighted by atomic mass is 32.2. The average molecular weight is 318 g/mol. The van der Waals surface area contributed by atoms with Crippen LogP contribution in [0.25, 0.3) is 0 Å². The van der Waals surface area contributed by atoms with E-state index in [0.29, 0.717) is 13.1 Å². The van der Waals surface area contributed by atoms with E-state index in [2.05, 4.69) is 27.3 Å². The third-order valence-electron chi connectivity index (χ3n) is 3.90. The first-order valence-electron chi connectivity index (χ1n) is 7.80. The van der Waals surface area contributed by atoms with Crippen molar-refractivity contribution in [1.82, 2.24) is 15.4 Å². The van der Waals surface area contributed by atoms with Crippen molar-refractivity contribution in [1.29, 1.82) is 0 Å². The summed E-state index contributed by atoms with van der Waals surface area (Å²) in [5.74, 6) is 2.42. The summed E-state index contributed by atoms with van der Waals surface area (Å²) in [6, 6.07) is 0. The summed E-state index contributed by atoms with van der Waals surface area (Å²) in [4.78, 5) is 4.14. The zero-order valence-electron chi connectivity index (χ0n) is 13.5. The monoisotopic (exact) mass is 318 g/mol. The van der Waals surface area contributed by atoms with Crippen LogP contribution in [-0.4, -0.2) is 47.3 Å². The quantitative estimate of drug-likeness (QED) is 0.370. The predicted molar refractivity (Wildman–Crippen MR) is 87.9 cm³/mol. The molecule has 1 fully saturated rings. The highest BCUT2D eigenvalue weighted by Crippen LogP contribution is 2.30. The molecule has 0 amide bonds. The SMILES string of the molecule is CN=C(NCCNS(C)(=O)=O)NCCC1CCCC(C)C1. The Kier molecular flexibility index (Phi) is 8.03. The molecule has 2 unspecified atom stereocenters. The first kappa shape index (κ1) is 18.2. The van der Waals surface area contributed by atoms with Gasteiger partial charge in [-0.15, -0.1) is 0 Å². The number of sulfonamides is 1. The minimum atomic E-state index is -3.12. The molecule has 7 heteroatoms. The first-order chi connectivity index (χ1) is 9.90. The van der Waals surface area contributed by atoms with Crippen molar-refractivity contribution < 1.29 is 8.42 Å². The van der Waals surface area contributed by atoms with E-state index in [9.17, 15) is 8.42 Å². The molecule has 1 saturated carbocycles. The molecule has 0 aromatic rings. The molecule has 21 heavy (non-hydrogen) atoms. The van der Waals surface area contributed by atoms with E-state index in [1.165, 1.54) is 32.1 Å². The van der Waals surface area contributed by atoms with E-state index < -0.39 is 10.0 Å². The second kappa shape index (κ2) is 9.25. The fourth-order valence-corrected chi connectivity index (χ4v) is 3.33. The molecule has 6 nitrogen and oxygen atoms in total. The predicted octanol–water partition coefficient (Wildman–Crippen LogP) is 0.917. The smallest absolute Gasteiger partial charge is 0.208 e. The largest absolute Gasteiger partial charge is 0.356 e. The lowest BCUT2D eigenvalue weighted by atomic mass is 9.81. The van der Waals surface area contributed by atoms with Gasteiger partial charge in [0.2, 0.25) is 10.0 Å². The molecule has 0 bridgehead atoms. The maximum Gasteiger partial charge on any atom is 0.208 e. The van der Waals surface area contributed by atoms with Gasteiger partial charge in [0.05, 0.1) is 6.26 Å². The fourth-order valence-electron chi connectivity index (χ4n) is 2.85. The number of nitrogens with one attached hydrogen (secondary N) is 3. The van der Waals surface area contributed by atoms with Gasteiger partial charge in [0.25, 0.3) is 0 Å². The van der Waals surface area contributed by atoms with Gasteiger partial charge >= 0.3 is 0 Å². The molecular weight excluding hydrogens is 288 g/mol. The van der Waals surface area contributed by atoms with Gasteiger partial charge in [-0.05, 0) is 24.7 Å². The van der Waals surface area contributed by atoms with Gasteiger partial charge in [-0.1, -0.05) is 26.2 Å². The van der Waals surface area contributed by atoms with E-state index in [1.807, 2.05) is 0 Å². The standard InChI is InChI=1S/C14H30N4O2S/c1-12-5-4-6-13(11-12)7-8-16-14(15-2)17-9-10-18-21(3,19)20/h12-13,18H,4-11H2,1-3H3,(H2,15,16,17). The number of hydrogen-bond acceptors (Lipinski definition) is 3. The molecule has 0 heterocycles. The molecule has 0 aromatic carbocycles. The second-order valence-electron chi connectivity index (χ2n) is 6.02. The summed E-state index contributed by atoms with van der Waals surface area (Å²) in [6.45, 7) is 4.14. The average Bonchev–Trinajstić information content (AvgIpc) is 2.40. The summed E-state index contributed by atoms with van der Waals surface area (Å²) in [5.41, 5.74) is 0. The summed E-state index contributed by atoms with van der Waals surface area (Å²) in [6.07, 6.45) is 7.75. The van der Waals surface area contributed by atoms with Crippen LogP contribution in [0.5, 0.6) is 0 Å².